The topological polar surface area (TPSA) is 42.8 Å². The Morgan fingerprint density at radius 3 is 1.44 bits per heavy atom. The summed E-state index contributed by atoms with van der Waals surface area (Å²) in [6.45, 7) is 28.5. The number of hydrogen-bond acceptors (Lipinski definition) is 5. The molecule has 1 aliphatic rings. The van der Waals surface area contributed by atoms with E-state index in [9.17, 15) is 5.48 Å². The number of nitrogens with zero attached hydrogens (tertiary/aromatic N) is 4. The molecule has 476 valence electrons. The zero-order valence-electron chi connectivity index (χ0n) is 70.1. The van der Waals surface area contributed by atoms with Crippen LogP contribution in [0.2, 0.25) is 0 Å². The van der Waals surface area contributed by atoms with Gasteiger partial charge >= 0.3 is 0 Å². The van der Waals surface area contributed by atoms with Gasteiger partial charge in [0.1, 0.15) is 17.3 Å². The minimum atomic E-state index is -0.602. The van der Waals surface area contributed by atoms with Crippen molar-refractivity contribution < 1.29 is 51.1 Å². The van der Waals surface area contributed by atoms with Gasteiger partial charge in [-0.15, -0.1) is 48.1 Å². The fraction of sp³-hybridized carbons (Fsp3) is 0.182. The van der Waals surface area contributed by atoms with Gasteiger partial charge in [0.05, 0.1) is 20.6 Å². The zero-order chi connectivity index (χ0) is 78.3. The van der Waals surface area contributed by atoms with E-state index >= 15 is 0 Å². The molecule has 0 atom stereocenters. The summed E-state index contributed by atoms with van der Waals surface area (Å²) in [5, 5.41) is 1.31. The van der Waals surface area contributed by atoms with Crippen LogP contribution >= 0.6 is 0 Å². The minimum absolute atomic E-state index is 0. The molecule has 3 heterocycles. The molecule has 0 saturated heterocycles. The van der Waals surface area contributed by atoms with Gasteiger partial charge in [-0.05, 0) is 107 Å². The van der Waals surface area contributed by atoms with E-state index in [4.69, 9.17) is 29.5 Å². The van der Waals surface area contributed by atoms with Gasteiger partial charge in [-0.3, -0.25) is 0 Å². The molecule has 6 nitrogen and oxygen atoms in total. The van der Waals surface area contributed by atoms with Crippen molar-refractivity contribution in [1.29, 1.82) is 0 Å². The summed E-state index contributed by atoms with van der Waals surface area (Å²) in [5.74, 6) is 2.04. The molecule has 0 fully saturated rings. The van der Waals surface area contributed by atoms with Crippen molar-refractivity contribution in [3.8, 4) is 84.5 Å². The third-order valence-electron chi connectivity index (χ3n) is 17.3. The van der Waals surface area contributed by atoms with Gasteiger partial charge in [0, 0.05) is 89.7 Å². The number of ether oxygens (including phenoxy) is 2. The van der Waals surface area contributed by atoms with Crippen molar-refractivity contribution in [2.75, 3.05) is 9.80 Å². The van der Waals surface area contributed by atoms with Gasteiger partial charge in [0.15, 0.2) is 0 Å². The molecule has 0 N–H and O–H groups in total. The Balaban J connectivity index is 0.0000106. The van der Waals surface area contributed by atoms with Crippen LogP contribution < -0.4 is 19.3 Å². The van der Waals surface area contributed by atoms with Crippen LogP contribution in [0.3, 0.4) is 0 Å². The predicted octanol–water partition coefficient (Wildman–Crippen LogP) is 24.3. The summed E-state index contributed by atoms with van der Waals surface area (Å²) in [5.41, 5.74) is 10.9. The van der Waals surface area contributed by atoms with Gasteiger partial charge in [-0.2, -0.15) is 12.1 Å². The molecule has 0 radical (unpaired) electrons. The molecule has 14 rings (SSSR count). The molecular formula is C88H79N4O2Pt-3. The first-order valence-corrected chi connectivity index (χ1v) is 31.5. The molecular weight excluding hydrogens is 1340 g/mol. The van der Waals surface area contributed by atoms with E-state index < -0.39 is 78.6 Å². The summed E-state index contributed by atoms with van der Waals surface area (Å²) in [6, 6.07) is 49.4. The number of anilines is 4. The molecule has 1 aliphatic heterocycles. The molecule has 0 aliphatic carbocycles. The van der Waals surface area contributed by atoms with Crippen LogP contribution in [0.1, 0.15) is 126 Å². The van der Waals surface area contributed by atoms with Crippen LogP contribution in [-0.4, -0.2) is 9.55 Å². The first kappa shape index (κ1) is 48.0. The van der Waals surface area contributed by atoms with E-state index in [2.05, 4.69) is 150 Å². The van der Waals surface area contributed by atoms with Crippen molar-refractivity contribution in [3.05, 3.63) is 296 Å². The Hall–Kier alpha value is -9.74. The number of rotatable bonds is 12. The number of hydrogen-bond donors (Lipinski definition) is 0. The molecule has 2 aromatic heterocycles. The van der Waals surface area contributed by atoms with Crippen LogP contribution in [0.15, 0.2) is 255 Å². The van der Waals surface area contributed by atoms with Gasteiger partial charge in [-0.25, -0.2) is 4.98 Å². The second-order valence-corrected chi connectivity index (χ2v) is 27.9. The smallest absolute Gasteiger partial charge is 0.143 e. The third kappa shape index (κ3) is 12.8. The maximum absolute atomic E-state index is 9.19. The monoisotopic (exact) mass is 1430 g/mol. The fourth-order valence-corrected chi connectivity index (χ4v) is 12.1. The molecule has 0 bridgehead atoms. The largest absolute Gasteiger partial charge is 0.509 e. The summed E-state index contributed by atoms with van der Waals surface area (Å²) in [4.78, 5) is 8.59. The molecule has 11 aromatic carbocycles. The van der Waals surface area contributed by atoms with E-state index in [0.29, 0.717) is 61.7 Å². The number of aromatic nitrogens is 2. The van der Waals surface area contributed by atoms with E-state index in [1.165, 1.54) is 22.3 Å². The van der Waals surface area contributed by atoms with Crippen molar-refractivity contribution in [2.24, 2.45) is 0 Å². The Morgan fingerprint density at radius 2 is 0.905 bits per heavy atom. The van der Waals surface area contributed by atoms with Gasteiger partial charge in [0.25, 0.3) is 0 Å². The molecule has 7 heteroatoms. The van der Waals surface area contributed by atoms with Gasteiger partial charge < -0.3 is 23.8 Å². The van der Waals surface area contributed by atoms with E-state index in [0.717, 1.165) is 22.3 Å². The Kier molecular flexibility index (Phi) is 12.7. The summed E-state index contributed by atoms with van der Waals surface area (Å²) in [6.07, 6.45) is 1.70. The first-order chi connectivity index (χ1) is 51.3. The molecule has 0 saturated carbocycles. The predicted molar refractivity (Wildman–Crippen MR) is 393 cm³/mol. The number of benzene rings is 11. The minimum Gasteiger partial charge on any atom is -0.509 e. The summed E-state index contributed by atoms with van der Waals surface area (Å²) < 4.78 is 149. The van der Waals surface area contributed by atoms with Crippen LogP contribution in [0.5, 0.6) is 23.0 Å². The van der Waals surface area contributed by atoms with Crippen LogP contribution in [0, 0.1) is 18.8 Å². The normalized spacial score (nSPS) is 14.9. The molecule has 0 spiro atoms. The van der Waals surface area contributed by atoms with E-state index in [1.54, 1.807) is 72.4 Å². The second kappa shape index (κ2) is 25.2. The summed E-state index contributed by atoms with van der Waals surface area (Å²) >= 11 is 0. The second-order valence-electron chi connectivity index (χ2n) is 27.9. The number of para-hydroxylation sites is 4. The average Bonchev–Trinajstić information content (AvgIpc) is 1.49. The average molecular weight is 1430 g/mol. The zero-order valence-corrected chi connectivity index (χ0v) is 57.4. The molecule has 0 amide bonds. The standard InChI is InChI=1S/C88H79N4O2.Pt/c1-85(2,3)64-47-62(48-65(52-64)86(4,5)6)74-37-26-38-75(63-49-66(87(7,8)9)53-67(50-63)88(10,11)12)84(74)94-71-45-46-89-82(56-71)92-78-44-41-61(58-27-16-13-17-28-58)51-77(78)76-43-42-70(55-81(76)92)93-69-34-24-33-68(54-69)90-57-91(80-40-23-22-39-79(80)90)83-72(59-29-18-14-19-30-59)35-25-36-73(83)60-31-20-15-21-32-60;/h13-53,56-57H,1-12H3;/q-3;/i13D,14D,15D,16D,17D,18D,19D,20D,21D,27D,28D,29D,30D,31D,32D;. The van der Waals surface area contributed by atoms with E-state index in [1.807, 2.05) is 58.0 Å². The fourth-order valence-electron chi connectivity index (χ4n) is 12.1. The maximum atomic E-state index is 9.19. The molecule has 0 unspecified atom stereocenters. The maximum Gasteiger partial charge on any atom is 0.143 e. The van der Waals surface area contributed by atoms with Gasteiger partial charge in [0.2, 0.25) is 0 Å². The SMILES string of the molecule is [2H]c1c([2H])c([2H])c(-c2ccc3c(c2)c2ccc(Oc4[c-]c(N5[CH-]N(c6c(-c7c([2H])c([2H])c([2H])c([2H])c7[2H])cccc6-c6c([2H])c([2H])c([2H])c([2H])c6[2H])c6ccccc65)ccc4)[c-]c2n3-c2cc(Oc3c(-c4cc(C(C)(C)C)cc(C(C)(C)C)c4)cccc3-c3cc(C(C)(C)C)cc(C(C)(C)C)c3)ccn2)c([2H])c1[2H].[Pt]. The van der Waals surface area contributed by atoms with E-state index in [-0.39, 0.29) is 99.8 Å². The van der Waals surface area contributed by atoms with Gasteiger partial charge in [-0.1, -0.05) is 276 Å². The molecule has 95 heavy (non-hydrogen) atoms. The Labute approximate surface area is 596 Å². The third-order valence-corrected chi connectivity index (χ3v) is 17.3. The number of fused-ring (bicyclic) bond motifs is 4. The van der Waals surface area contributed by atoms with Crippen molar-refractivity contribution in [1.82, 2.24) is 9.55 Å². The van der Waals surface area contributed by atoms with Crippen LogP contribution in [0.4, 0.5) is 22.7 Å². The summed E-state index contributed by atoms with van der Waals surface area (Å²) in [7, 11) is 0. The van der Waals surface area contributed by atoms with Crippen LogP contribution in [0.25, 0.3) is 83.3 Å². The van der Waals surface area contributed by atoms with Crippen molar-refractivity contribution in [3.63, 3.8) is 0 Å². The number of pyridine rings is 1. The van der Waals surface area contributed by atoms with Crippen molar-refractivity contribution >= 4 is 44.6 Å². The Bertz CT molecular complexity index is 5620. The van der Waals surface area contributed by atoms with Crippen LogP contribution in [-0.2, 0) is 42.7 Å². The Morgan fingerprint density at radius 1 is 0.411 bits per heavy atom. The quantitative estimate of drug-likeness (QED) is 0.114. The first-order valence-electron chi connectivity index (χ1n) is 39.0. The van der Waals surface area contributed by atoms with Crippen molar-refractivity contribution in [2.45, 2.75) is 105 Å². The molecule has 13 aromatic rings.